The van der Waals surface area contributed by atoms with Gasteiger partial charge < -0.3 is 9.73 Å². The summed E-state index contributed by atoms with van der Waals surface area (Å²) in [6, 6.07) is 2.18. The van der Waals surface area contributed by atoms with E-state index in [1.807, 2.05) is 0 Å². The second-order valence-electron chi connectivity index (χ2n) is 5.85. The number of hydrogen-bond acceptors (Lipinski definition) is 7. The third kappa shape index (κ3) is 3.96. The Balaban J connectivity index is 1.69. The number of nitrogens with zero attached hydrogens (tertiary/aromatic N) is 1. The number of carbonyl (C=O) groups excluding carboxylic acids is 2. The molecule has 2 atom stereocenters. The van der Waals surface area contributed by atoms with Crippen LogP contribution in [0.25, 0.3) is 6.08 Å². The predicted molar refractivity (Wildman–Crippen MR) is 98.4 cm³/mol. The quantitative estimate of drug-likeness (QED) is 0.599. The van der Waals surface area contributed by atoms with E-state index in [9.17, 15) is 18.0 Å². The Kier molecular flexibility index (Phi) is 5.03. The molecule has 0 saturated carbocycles. The molecule has 2 aliphatic rings. The highest BCUT2D eigenvalue weighted by Crippen LogP contribution is 2.34. The maximum absolute atomic E-state index is 12.6. The van der Waals surface area contributed by atoms with Gasteiger partial charge in [-0.15, -0.1) is 0 Å². The molecule has 2 aliphatic heterocycles. The summed E-state index contributed by atoms with van der Waals surface area (Å²) in [7, 11) is -3.09. The fraction of sp³-hybridized carbons (Fsp3) is 0.400. The lowest BCUT2D eigenvalue weighted by Gasteiger charge is -2.23. The number of nitrogens with one attached hydrogen (secondary N) is 1. The molecule has 0 aromatic carbocycles. The van der Waals surface area contributed by atoms with Gasteiger partial charge >= 0.3 is 0 Å². The minimum absolute atomic E-state index is 0.0672. The summed E-state index contributed by atoms with van der Waals surface area (Å²) < 4.78 is 28.5. The summed E-state index contributed by atoms with van der Waals surface area (Å²) in [5.41, 5.74) is 0. The molecule has 1 aromatic heterocycles. The number of thiocarbonyl (C=S) groups is 1. The van der Waals surface area contributed by atoms with Gasteiger partial charge in [-0.3, -0.25) is 14.5 Å². The van der Waals surface area contributed by atoms with E-state index in [0.29, 0.717) is 17.1 Å². The van der Waals surface area contributed by atoms with Crippen LogP contribution in [0.15, 0.2) is 27.7 Å². The van der Waals surface area contributed by atoms with Crippen molar-refractivity contribution in [3.8, 4) is 0 Å². The SMILES string of the molecule is CC(C(=O)NC1CCS(=O)(=O)C1)N1C(=O)C(=Cc2ccco2)SC1=S. The summed E-state index contributed by atoms with van der Waals surface area (Å²) in [5.74, 6) is -0.263. The second kappa shape index (κ2) is 6.93. The minimum Gasteiger partial charge on any atom is -0.465 e. The van der Waals surface area contributed by atoms with Gasteiger partial charge in [0.05, 0.1) is 22.7 Å². The summed E-state index contributed by atoms with van der Waals surface area (Å²) in [5, 5.41) is 2.69. The number of furan rings is 1. The molecule has 0 aliphatic carbocycles. The van der Waals surface area contributed by atoms with Crippen molar-refractivity contribution < 1.29 is 22.4 Å². The first-order valence-corrected chi connectivity index (χ1v) is 10.6. The molecule has 134 valence electrons. The molecule has 25 heavy (non-hydrogen) atoms. The highest BCUT2D eigenvalue weighted by atomic mass is 32.2. The first-order valence-electron chi connectivity index (χ1n) is 7.58. The van der Waals surface area contributed by atoms with Crippen LogP contribution in [0.4, 0.5) is 0 Å². The molecule has 2 fully saturated rings. The Bertz CT molecular complexity index is 845. The number of amides is 2. The molecule has 0 spiro atoms. The Morgan fingerprint density at radius 1 is 1.56 bits per heavy atom. The Morgan fingerprint density at radius 2 is 2.32 bits per heavy atom. The highest BCUT2D eigenvalue weighted by molar-refractivity contribution is 8.26. The van der Waals surface area contributed by atoms with Crippen molar-refractivity contribution in [2.24, 2.45) is 0 Å². The lowest BCUT2D eigenvalue weighted by molar-refractivity contribution is -0.132. The Labute approximate surface area is 154 Å². The van der Waals surface area contributed by atoms with E-state index in [1.54, 1.807) is 25.1 Å². The molecule has 1 aromatic rings. The normalized spacial score (nSPS) is 25.6. The van der Waals surface area contributed by atoms with Crippen molar-refractivity contribution >= 4 is 56.0 Å². The van der Waals surface area contributed by atoms with Crippen molar-refractivity contribution in [2.45, 2.75) is 25.4 Å². The van der Waals surface area contributed by atoms with E-state index in [4.69, 9.17) is 16.6 Å². The number of hydrogen-bond donors (Lipinski definition) is 1. The van der Waals surface area contributed by atoms with Crippen molar-refractivity contribution in [1.82, 2.24) is 10.2 Å². The van der Waals surface area contributed by atoms with Crippen LogP contribution in [0.3, 0.4) is 0 Å². The van der Waals surface area contributed by atoms with Crippen LogP contribution < -0.4 is 5.32 Å². The minimum atomic E-state index is -3.09. The fourth-order valence-corrected chi connectivity index (χ4v) is 5.74. The molecular formula is C15H16N2O5S3. The van der Waals surface area contributed by atoms with Gasteiger partial charge in [0.15, 0.2) is 9.84 Å². The topological polar surface area (TPSA) is 96.7 Å². The molecule has 2 unspecified atom stereocenters. The largest absolute Gasteiger partial charge is 0.465 e. The molecule has 2 amide bonds. The Morgan fingerprint density at radius 3 is 2.92 bits per heavy atom. The zero-order valence-corrected chi connectivity index (χ0v) is 15.7. The van der Waals surface area contributed by atoms with Crippen LogP contribution in [0.1, 0.15) is 19.1 Å². The zero-order valence-electron chi connectivity index (χ0n) is 13.3. The van der Waals surface area contributed by atoms with Gasteiger partial charge in [0.2, 0.25) is 5.91 Å². The average molecular weight is 401 g/mol. The molecule has 2 saturated heterocycles. The van der Waals surface area contributed by atoms with Gasteiger partial charge in [0, 0.05) is 12.1 Å². The smallest absolute Gasteiger partial charge is 0.267 e. The summed E-state index contributed by atoms with van der Waals surface area (Å²) in [6.07, 6.45) is 3.46. The summed E-state index contributed by atoms with van der Waals surface area (Å²) in [6.45, 7) is 1.57. The van der Waals surface area contributed by atoms with Crippen molar-refractivity contribution in [1.29, 1.82) is 0 Å². The molecule has 3 rings (SSSR count). The van der Waals surface area contributed by atoms with E-state index in [-0.39, 0.29) is 21.7 Å². The second-order valence-corrected chi connectivity index (χ2v) is 9.76. The van der Waals surface area contributed by atoms with Crippen LogP contribution >= 0.6 is 24.0 Å². The number of carbonyl (C=O) groups is 2. The van der Waals surface area contributed by atoms with Crippen LogP contribution in [0.2, 0.25) is 0 Å². The fourth-order valence-electron chi connectivity index (χ4n) is 2.66. The molecular weight excluding hydrogens is 384 g/mol. The summed E-state index contributed by atoms with van der Waals surface area (Å²) >= 11 is 6.33. The lowest BCUT2D eigenvalue weighted by atomic mass is 10.2. The van der Waals surface area contributed by atoms with Gasteiger partial charge in [-0.25, -0.2) is 8.42 Å². The number of thioether (sulfide) groups is 1. The van der Waals surface area contributed by atoms with E-state index >= 15 is 0 Å². The van der Waals surface area contributed by atoms with Gasteiger partial charge in [-0.05, 0) is 25.5 Å². The first-order chi connectivity index (χ1) is 11.8. The van der Waals surface area contributed by atoms with Crippen molar-refractivity contribution in [3.63, 3.8) is 0 Å². The average Bonchev–Trinajstić information content (AvgIpc) is 3.21. The van der Waals surface area contributed by atoms with Gasteiger partial charge in [0.1, 0.15) is 16.1 Å². The van der Waals surface area contributed by atoms with E-state index in [1.165, 1.54) is 11.2 Å². The maximum atomic E-state index is 12.6. The third-order valence-electron chi connectivity index (χ3n) is 3.99. The number of sulfone groups is 1. The van der Waals surface area contributed by atoms with Crippen LogP contribution in [0, 0.1) is 0 Å². The van der Waals surface area contributed by atoms with Crippen LogP contribution in [-0.2, 0) is 19.4 Å². The third-order valence-corrected chi connectivity index (χ3v) is 7.08. The predicted octanol–water partition coefficient (Wildman–Crippen LogP) is 1.17. The van der Waals surface area contributed by atoms with Crippen LogP contribution in [0.5, 0.6) is 0 Å². The molecule has 1 N–H and O–H groups in total. The van der Waals surface area contributed by atoms with Gasteiger partial charge in [-0.2, -0.15) is 0 Å². The highest BCUT2D eigenvalue weighted by Gasteiger charge is 2.39. The molecule has 3 heterocycles. The number of rotatable bonds is 4. The zero-order chi connectivity index (χ0) is 18.2. The van der Waals surface area contributed by atoms with E-state index < -0.39 is 27.8 Å². The molecule has 0 bridgehead atoms. The molecule has 10 heteroatoms. The van der Waals surface area contributed by atoms with E-state index in [0.717, 1.165) is 11.8 Å². The monoisotopic (exact) mass is 400 g/mol. The van der Waals surface area contributed by atoms with Gasteiger partial charge in [-0.1, -0.05) is 24.0 Å². The maximum Gasteiger partial charge on any atom is 0.267 e. The van der Waals surface area contributed by atoms with Crippen molar-refractivity contribution in [2.75, 3.05) is 11.5 Å². The molecule has 0 radical (unpaired) electrons. The standard InChI is InChI=1S/C15H16N2O5S3/c1-9(13(18)16-10-4-6-25(20,21)8-10)17-14(19)12(24-15(17)23)7-11-3-2-5-22-11/h2-3,5,7,9-10H,4,6,8H2,1H3,(H,16,18). The Hall–Kier alpha value is -1.65. The summed E-state index contributed by atoms with van der Waals surface area (Å²) in [4.78, 5) is 26.6. The molecule has 7 nitrogen and oxygen atoms in total. The van der Waals surface area contributed by atoms with E-state index in [2.05, 4.69) is 5.32 Å². The first kappa shape index (κ1) is 18.2. The lowest BCUT2D eigenvalue weighted by Crippen LogP contribution is -2.50. The van der Waals surface area contributed by atoms with Crippen LogP contribution in [-0.4, -0.2) is 53.0 Å². The van der Waals surface area contributed by atoms with Crippen molar-refractivity contribution in [3.05, 3.63) is 29.1 Å². The van der Waals surface area contributed by atoms with Gasteiger partial charge in [0.25, 0.3) is 5.91 Å².